The van der Waals surface area contributed by atoms with Crippen LogP contribution in [0.3, 0.4) is 0 Å². The highest BCUT2D eigenvalue weighted by atomic mass is 35.5. The highest BCUT2D eigenvalue weighted by molar-refractivity contribution is 6.32. The van der Waals surface area contributed by atoms with Gasteiger partial charge in [-0.2, -0.15) is 5.26 Å². The molecule has 28 heavy (non-hydrogen) atoms. The molecule has 7 nitrogen and oxygen atoms in total. The molecule has 1 aromatic carbocycles. The second-order valence-corrected chi connectivity index (χ2v) is 6.57. The van der Waals surface area contributed by atoms with Gasteiger partial charge < -0.3 is 19.6 Å². The number of fused-ring (bicyclic) bond motifs is 1. The van der Waals surface area contributed by atoms with E-state index in [-0.39, 0.29) is 23.1 Å². The number of allylic oxidation sites excluding steroid dienone is 1. The third-order valence-electron chi connectivity index (χ3n) is 4.36. The third kappa shape index (κ3) is 3.06. The lowest BCUT2D eigenvalue weighted by atomic mass is 9.88. The minimum absolute atomic E-state index is 0.0150. The summed E-state index contributed by atoms with van der Waals surface area (Å²) in [6.07, 6.45) is 0. The first-order valence-electron chi connectivity index (χ1n) is 8.27. The second kappa shape index (κ2) is 6.94. The number of nitriles is 1. The van der Waals surface area contributed by atoms with Crippen LogP contribution in [0.2, 0.25) is 5.02 Å². The fraction of sp³-hybridized carbons (Fsp3) is 0.158. The van der Waals surface area contributed by atoms with Gasteiger partial charge in [-0.3, -0.25) is 5.10 Å². The molecular formula is C19H14ClFN4O3. The molecular weight excluding hydrogens is 387 g/mol. The first-order valence-corrected chi connectivity index (χ1v) is 8.64. The van der Waals surface area contributed by atoms with Gasteiger partial charge in [0.05, 0.1) is 16.5 Å². The molecule has 9 heteroatoms. The lowest BCUT2D eigenvalue weighted by Gasteiger charge is -2.21. The Morgan fingerprint density at radius 1 is 1.39 bits per heavy atom. The van der Waals surface area contributed by atoms with Crippen molar-refractivity contribution in [3.8, 4) is 17.7 Å². The summed E-state index contributed by atoms with van der Waals surface area (Å²) in [4.78, 5) is 0. The number of aromatic nitrogens is 2. The Bertz CT molecular complexity index is 1130. The largest absolute Gasteiger partial charge is 0.484 e. The molecule has 4 rings (SSSR count). The Hall–Kier alpha value is -3.44. The number of hydrogen-bond acceptors (Lipinski definition) is 6. The van der Waals surface area contributed by atoms with E-state index in [4.69, 9.17) is 31.2 Å². The van der Waals surface area contributed by atoms with Gasteiger partial charge in [0.25, 0.3) is 0 Å². The maximum atomic E-state index is 13.1. The van der Waals surface area contributed by atoms with E-state index in [2.05, 4.69) is 16.3 Å². The zero-order chi connectivity index (χ0) is 19.8. The number of nitrogens with two attached hydrogens (primary N) is 1. The Morgan fingerprint density at radius 2 is 2.21 bits per heavy atom. The van der Waals surface area contributed by atoms with Crippen molar-refractivity contribution in [3.63, 3.8) is 0 Å². The van der Waals surface area contributed by atoms with Crippen molar-refractivity contribution in [1.82, 2.24) is 10.2 Å². The fourth-order valence-corrected chi connectivity index (χ4v) is 3.27. The van der Waals surface area contributed by atoms with Crippen molar-refractivity contribution >= 4 is 11.6 Å². The van der Waals surface area contributed by atoms with Crippen LogP contribution < -0.4 is 15.2 Å². The number of aromatic amines is 1. The van der Waals surface area contributed by atoms with Crippen molar-refractivity contribution in [2.45, 2.75) is 19.4 Å². The smallest absolute Gasteiger partial charge is 0.244 e. The maximum Gasteiger partial charge on any atom is 0.244 e. The van der Waals surface area contributed by atoms with E-state index in [0.29, 0.717) is 28.7 Å². The minimum atomic E-state index is -0.546. The second-order valence-electron chi connectivity index (χ2n) is 6.16. The summed E-state index contributed by atoms with van der Waals surface area (Å²) in [5.74, 6) is 0.636. The first-order chi connectivity index (χ1) is 13.5. The molecule has 3 N–H and O–H groups in total. The van der Waals surface area contributed by atoms with E-state index in [0.717, 1.165) is 5.69 Å². The molecule has 0 saturated heterocycles. The van der Waals surface area contributed by atoms with E-state index in [1.165, 1.54) is 18.2 Å². The summed E-state index contributed by atoms with van der Waals surface area (Å²) in [5.41, 5.74) is 7.55. The van der Waals surface area contributed by atoms with Crippen molar-refractivity contribution in [2.24, 2.45) is 5.73 Å². The van der Waals surface area contributed by atoms with E-state index in [1.807, 2.05) is 6.92 Å². The number of nitrogens with one attached hydrogen (secondary N) is 1. The summed E-state index contributed by atoms with van der Waals surface area (Å²) in [7, 11) is 0. The molecule has 0 spiro atoms. The monoisotopic (exact) mass is 400 g/mol. The van der Waals surface area contributed by atoms with E-state index in [1.54, 1.807) is 12.1 Å². The lowest BCUT2D eigenvalue weighted by molar-refractivity contribution is 0.264. The predicted molar refractivity (Wildman–Crippen MR) is 97.1 cm³/mol. The van der Waals surface area contributed by atoms with Crippen LogP contribution in [0.15, 0.2) is 46.2 Å². The number of aryl methyl sites for hydroxylation is 1. The van der Waals surface area contributed by atoms with Crippen LogP contribution in [0.5, 0.6) is 11.6 Å². The van der Waals surface area contributed by atoms with Crippen LogP contribution in [-0.4, -0.2) is 10.2 Å². The van der Waals surface area contributed by atoms with Gasteiger partial charge in [0.1, 0.15) is 41.3 Å². The van der Waals surface area contributed by atoms with E-state index in [9.17, 15) is 9.65 Å². The molecule has 0 aliphatic carbocycles. The van der Waals surface area contributed by atoms with Crippen LogP contribution in [0.1, 0.15) is 28.7 Å². The van der Waals surface area contributed by atoms with Gasteiger partial charge in [-0.25, -0.2) is 4.39 Å². The van der Waals surface area contributed by atoms with Crippen LogP contribution in [-0.2, 0) is 6.61 Å². The van der Waals surface area contributed by atoms with Crippen molar-refractivity contribution in [2.75, 3.05) is 0 Å². The highest BCUT2D eigenvalue weighted by Crippen LogP contribution is 2.43. The zero-order valence-electron chi connectivity index (χ0n) is 14.6. The van der Waals surface area contributed by atoms with Gasteiger partial charge in [0, 0.05) is 5.69 Å². The third-order valence-corrected chi connectivity index (χ3v) is 4.66. The normalized spacial score (nSPS) is 15.7. The van der Waals surface area contributed by atoms with Crippen molar-refractivity contribution in [3.05, 3.63) is 75.4 Å². The Balaban J connectivity index is 1.62. The molecule has 142 valence electrons. The number of H-pyrrole nitrogens is 1. The predicted octanol–water partition coefficient (Wildman–Crippen LogP) is 3.90. The van der Waals surface area contributed by atoms with Gasteiger partial charge in [-0.1, -0.05) is 11.6 Å². The van der Waals surface area contributed by atoms with Crippen LogP contribution >= 0.6 is 11.6 Å². The van der Waals surface area contributed by atoms with E-state index >= 15 is 0 Å². The van der Waals surface area contributed by atoms with Crippen molar-refractivity contribution in [1.29, 1.82) is 5.26 Å². The topological polar surface area (TPSA) is 110 Å². The molecule has 3 aromatic rings. The average Bonchev–Trinajstić information content (AvgIpc) is 3.27. The molecule has 2 aromatic heterocycles. The van der Waals surface area contributed by atoms with Gasteiger partial charge in [-0.15, -0.1) is 5.10 Å². The zero-order valence-corrected chi connectivity index (χ0v) is 15.4. The number of furan rings is 1. The maximum absolute atomic E-state index is 13.1. The number of ether oxygens (including phenoxy) is 2. The molecule has 3 heterocycles. The molecule has 1 aliphatic heterocycles. The molecule has 1 unspecified atom stereocenters. The minimum Gasteiger partial charge on any atom is -0.484 e. The first kappa shape index (κ1) is 17.9. The molecule has 0 radical (unpaired) electrons. The molecule has 0 fully saturated rings. The van der Waals surface area contributed by atoms with Gasteiger partial charge in [-0.05, 0) is 37.3 Å². The SMILES string of the molecule is Cc1[nH]nc2c1C(c1ccc(COc3ccc(F)cc3Cl)o1)C(C#N)=C(N)O2. The molecule has 0 saturated carbocycles. The molecule has 0 bridgehead atoms. The van der Waals surface area contributed by atoms with Crippen LogP contribution in [0, 0.1) is 24.1 Å². The van der Waals surface area contributed by atoms with Crippen LogP contribution in [0.4, 0.5) is 4.39 Å². The lowest BCUT2D eigenvalue weighted by Crippen LogP contribution is -2.20. The Labute approximate surface area is 164 Å². The number of benzene rings is 1. The summed E-state index contributed by atoms with van der Waals surface area (Å²) in [5, 5.41) is 16.6. The summed E-state index contributed by atoms with van der Waals surface area (Å²) in [6.45, 7) is 1.90. The van der Waals surface area contributed by atoms with Gasteiger partial charge >= 0.3 is 0 Å². The fourth-order valence-electron chi connectivity index (χ4n) is 3.05. The Kier molecular flexibility index (Phi) is 4.45. The Morgan fingerprint density at radius 3 is 2.96 bits per heavy atom. The standard InChI is InChI=1S/C19H14ClFN4O3/c1-9-16-17(12(7-22)18(23)28-19(16)25-24-9)15-5-3-11(27-15)8-26-14-4-2-10(21)6-13(14)20/h2-6,17H,8,23H2,1H3,(H,24,25). The molecule has 1 aliphatic rings. The number of nitrogens with zero attached hydrogens (tertiary/aromatic N) is 2. The molecule has 1 atom stereocenters. The summed E-state index contributed by atoms with van der Waals surface area (Å²) < 4.78 is 30.0. The summed E-state index contributed by atoms with van der Waals surface area (Å²) >= 11 is 5.96. The van der Waals surface area contributed by atoms with Gasteiger partial charge in [0.15, 0.2) is 0 Å². The van der Waals surface area contributed by atoms with Crippen LogP contribution in [0.25, 0.3) is 0 Å². The number of hydrogen-bond donors (Lipinski definition) is 2. The quantitative estimate of drug-likeness (QED) is 0.687. The van der Waals surface area contributed by atoms with Crippen molar-refractivity contribution < 1.29 is 18.3 Å². The van der Waals surface area contributed by atoms with Gasteiger partial charge in [0.2, 0.25) is 11.8 Å². The summed E-state index contributed by atoms with van der Waals surface area (Å²) in [6, 6.07) is 9.41. The molecule has 0 amide bonds. The number of rotatable bonds is 4. The van der Waals surface area contributed by atoms with E-state index < -0.39 is 11.7 Å². The highest BCUT2D eigenvalue weighted by Gasteiger charge is 2.36. The number of halogens is 2. The average molecular weight is 401 g/mol.